The molecular weight excluding hydrogens is 264 g/mol. The molecule has 0 atom stereocenters. The van der Waals surface area contributed by atoms with Gasteiger partial charge in [-0.2, -0.15) is 0 Å². The maximum atomic E-state index is 12.1. The fraction of sp³-hybridized carbons (Fsp3) is 0.0833. The van der Waals surface area contributed by atoms with Gasteiger partial charge < -0.3 is 15.8 Å². The van der Waals surface area contributed by atoms with Crippen molar-refractivity contribution in [2.75, 3.05) is 11.9 Å². The van der Waals surface area contributed by atoms with Crippen molar-refractivity contribution < 1.29 is 10.0 Å². The van der Waals surface area contributed by atoms with Crippen LogP contribution in [0.3, 0.4) is 0 Å². The number of thiazole rings is 1. The third kappa shape index (κ3) is 2.71. The van der Waals surface area contributed by atoms with Gasteiger partial charge in [0.25, 0.3) is 5.91 Å². The van der Waals surface area contributed by atoms with Gasteiger partial charge in [0.2, 0.25) is 0 Å². The van der Waals surface area contributed by atoms with Crippen molar-refractivity contribution in [2.45, 2.75) is 0 Å². The van der Waals surface area contributed by atoms with Gasteiger partial charge in [-0.05, 0) is 24.3 Å². The number of rotatable bonds is 3. The highest BCUT2D eigenvalue weighted by Crippen LogP contribution is 2.18. The van der Waals surface area contributed by atoms with Crippen LogP contribution in [-0.2, 0) is 0 Å². The average Bonchev–Trinajstić information content (AvgIpc) is 2.99. The fourth-order valence-electron chi connectivity index (χ4n) is 1.52. The standard InChI is InChI=1S/C12H12N4O2S/c1-16(12(17)10-6-14-7-19-10)9-4-2-8(3-5-9)11(13)15-18/h2-7,18H,1H3,(H2,13,15). The molecule has 0 spiro atoms. The number of carbonyl (C=O) groups is 1. The molecule has 1 amide bonds. The molecule has 2 aromatic rings. The number of amidine groups is 1. The van der Waals surface area contributed by atoms with E-state index in [1.54, 1.807) is 36.8 Å². The molecule has 0 aliphatic heterocycles. The molecule has 0 bridgehead atoms. The normalized spacial score (nSPS) is 11.3. The molecule has 0 saturated heterocycles. The summed E-state index contributed by atoms with van der Waals surface area (Å²) < 4.78 is 0. The molecule has 6 nitrogen and oxygen atoms in total. The van der Waals surface area contributed by atoms with Crippen LogP contribution in [0.1, 0.15) is 15.2 Å². The van der Waals surface area contributed by atoms with E-state index in [2.05, 4.69) is 10.1 Å². The van der Waals surface area contributed by atoms with Gasteiger partial charge in [-0.3, -0.25) is 9.78 Å². The molecule has 3 N–H and O–H groups in total. The Kier molecular flexibility index (Phi) is 3.76. The van der Waals surface area contributed by atoms with E-state index in [9.17, 15) is 4.79 Å². The summed E-state index contributed by atoms with van der Waals surface area (Å²) in [6, 6.07) is 6.82. The smallest absolute Gasteiger partial charge is 0.269 e. The van der Waals surface area contributed by atoms with Crippen LogP contribution in [0.25, 0.3) is 0 Å². The van der Waals surface area contributed by atoms with E-state index in [4.69, 9.17) is 10.9 Å². The minimum atomic E-state index is -0.126. The van der Waals surface area contributed by atoms with Crippen LogP contribution in [0.2, 0.25) is 0 Å². The zero-order valence-electron chi connectivity index (χ0n) is 10.1. The molecule has 0 aliphatic rings. The van der Waals surface area contributed by atoms with Gasteiger partial charge >= 0.3 is 0 Å². The first kappa shape index (κ1) is 13.0. The monoisotopic (exact) mass is 276 g/mol. The van der Waals surface area contributed by atoms with Gasteiger partial charge in [0.1, 0.15) is 4.88 Å². The maximum Gasteiger partial charge on any atom is 0.269 e. The van der Waals surface area contributed by atoms with E-state index >= 15 is 0 Å². The van der Waals surface area contributed by atoms with Crippen LogP contribution in [0.5, 0.6) is 0 Å². The van der Waals surface area contributed by atoms with Crippen molar-refractivity contribution in [1.82, 2.24) is 4.98 Å². The van der Waals surface area contributed by atoms with Gasteiger partial charge in [-0.25, -0.2) is 0 Å². The lowest BCUT2D eigenvalue weighted by molar-refractivity contribution is 0.0996. The zero-order chi connectivity index (χ0) is 13.8. The molecular formula is C12H12N4O2S. The number of hydrogen-bond acceptors (Lipinski definition) is 5. The molecule has 0 saturated carbocycles. The summed E-state index contributed by atoms with van der Waals surface area (Å²) in [6.45, 7) is 0. The number of carbonyl (C=O) groups excluding carboxylic acids is 1. The second kappa shape index (κ2) is 5.49. The fourth-order valence-corrected chi connectivity index (χ4v) is 2.11. The number of nitrogens with zero attached hydrogens (tertiary/aromatic N) is 3. The molecule has 1 aromatic heterocycles. The Hall–Kier alpha value is -2.41. The first-order valence-corrected chi connectivity index (χ1v) is 6.26. The van der Waals surface area contributed by atoms with E-state index in [0.29, 0.717) is 16.1 Å². The highest BCUT2D eigenvalue weighted by Gasteiger charge is 2.14. The lowest BCUT2D eigenvalue weighted by Crippen LogP contribution is -2.25. The predicted octanol–water partition coefficient (Wildman–Crippen LogP) is 1.51. The molecule has 0 unspecified atom stereocenters. The Morgan fingerprint density at radius 2 is 2.11 bits per heavy atom. The second-order valence-corrected chi connectivity index (χ2v) is 4.65. The number of amides is 1. The van der Waals surface area contributed by atoms with Crippen LogP contribution in [0, 0.1) is 0 Å². The molecule has 7 heteroatoms. The topological polar surface area (TPSA) is 91.8 Å². The van der Waals surface area contributed by atoms with E-state index < -0.39 is 0 Å². The lowest BCUT2D eigenvalue weighted by Gasteiger charge is -2.16. The van der Waals surface area contributed by atoms with E-state index in [1.165, 1.54) is 22.4 Å². The van der Waals surface area contributed by atoms with Crippen LogP contribution >= 0.6 is 11.3 Å². The lowest BCUT2D eigenvalue weighted by atomic mass is 10.2. The summed E-state index contributed by atoms with van der Waals surface area (Å²) in [5, 5.41) is 11.5. The molecule has 0 aliphatic carbocycles. The summed E-state index contributed by atoms with van der Waals surface area (Å²) in [5.74, 6) is -0.0953. The average molecular weight is 276 g/mol. The number of hydrogen-bond donors (Lipinski definition) is 2. The predicted molar refractivity (Wildman–Crippen MR) is 73.8 cm³/mol. The van der Waals surface area contributed by atoms with Gasteiger partial charge in [0.15, 0.2) is 5.84 Å². The van der Waals surface area contributed by atoms with E-state index in [-0.39, 0.29) is 11.7 Å². The van der Waals surface area contributed by atoms with Crippen LogP contribution in [-0.4, -0.2) is 29.0 Å². The Balaban J connectivity index is 2.20. The number of aromatic nitrogens is 1. The Morgan fingerprint density at radius 1 is 1.42 bits per heavy atom. The van der Waals surface area contributed by atoms with Crippen molar-refractivity contribution in [3.05, 3.63) is 46.4 Å². The summed E-state index contributed by atoms with van der Waals surface area (Å²) in [6.07, 6.45) is 1.54. The third-order valence-corrected chi connectivity index (χ3v) is 3.37. The Bertz CT molecular complexity index is 593. The molecule has 1 aromatic carbocycles. The molecule has 0 radical (unpaired) electrons. The minimum absolute atomic E-state index is 0.0305. The Labute approximate surface area is 113 Å². The summed E-state index contributed by atoms with van der Waals surface area (Å²) in [5.41, 5.74) is 8.39. The maximum absolute atomic E-state index is 12.1. The SMILES string of the molecule is CN(C(=O)c1cncs1)c1ccc(/C(N)=N/O)cc1. The highest BCUT2D eigenvalue weighted by molar-refractivity contribution is 7.11. The number of benzene rings is 1. The molecule has 0 fully saturated rings. The summed E-state index contributed by atoms with van der Waals surface area (Å²) >= 11 is 1.29. The quantitative estimate of drug-likeness (QED) is 0.385. The molecule has 19 heavy (non-hydrogen) atoms. The van der Waals surface area contributed by atoms with Crippen LogP contribution in [0.4, 0.5) is 5.69 Å². The van der Waals surface area contributed by atoms with Crippen molar-refractivity contribution in [3.8, 4) is 0 Å². The summed E-state index contributed by atoms with van der Waals surface area (Å²) in [7, 11) is 1.68. The molecule has 2 rings (SSSR count). The van der Waals surface area contributed by atoms with E-state index in [1.807, 2.05) is 0 Å². The van der Waals surface area contributed by atoms with Gasteiger partial charge in [-0.1, -0.05) is 5.16 Å². The summed E-state index contributed by atoms with van der Waals surface area (Å²) in [4.78, 5) is 18.1. The number of nitrogens with two attached hydrogens (primary N) is 1. The van der Waals surface area contributed by atoms with Crippen molar-refractivity contribution in [1.29, 1.82) is 0 Å². The van der Waals surface area contributed by atoms with Crippen LogP contribution < -0.4 is 10.6 Å². The number of anilines is 1. The van der Waals surface area contributed by atoms with Crippen LogP contribution in [0.15, 0.2) is 41.1 Å². The van der Waals surface area contributed by atoms with Gasteiger partial charge in [0, 0.05) is 18.3 Å². The largest absolute Gasteiger partial charge is 0.409 e. The second-order valence-electron chi connectivity index (χ2n) is 3.76. The van der Waals surface area contributed by atoms with Gasteiger partial charge in [-0.15, -0.1) is 11.3 Å². The van der Waals surface area contributed by atoms with E-state index in [0.717, 1.165) is 0 Å². The minimum Gasteiger partial charge on any atom is -0.409 e. The van der Waals surface area contributed by atoms with Crippen molar-refractivity contribution in [2.24, 2.45) is 10.9 Å². The first-order valence-electron chi connectivity index (χ1n) is 5.38. The number of oxime groups is 1. The Morgan fingerprint density at radius 3 is 2.63 bits per heavy atom. The van der Waals surface area contributed by atoms with Crippen molar-refractivity contribution in [3.63, 3.8) is 0 Å². The molecule has 98 valence electrons. The first-order chi connectivity index (χ1) is 9.13. The third-order valence-electron chi connectivity index (χ3n) is 2.61. The highest BCUT2D eigenvalue weighted by atomic mass is 32.1. The van der Waals surface area contributed by atoms with Gasteiger partial charge in [0.05, 0.1) is 11.7 Å². The molecule has 1 heterocycles. The zero-order valence-corrected chi connectivity index (χ0v) is 11.0. The van der Waals surface area contributed by atoms with Crippen molar-refractivity contribution >= 4 is 28.8 Å².